The molecule has 0 amide bonds. The van der Waals surface area contributed by atoms with Gasteiger partial charge < -0.3 is 10.8 Å². The van der Waals surface area contributed by atoms with Crippen LogP contribution in [0.3, 0.4) is 0 Å². The number of hydrogen-bond acceptors (Lipinski definition) is 2. The van der Waals surface area contributed by atoms with Gasteiger partial charge in [0.05, 0.1) is 5.92 Å². The molecule has 0 saturated carbocycles. The highest BCUT2D eigenvalue weighted by Crippen LogP contribution is 2.28. The third-order valence-electron chi connectivity index (χ3n) is 2.17. The quantitative estimate of drug-likeness (QED) is 0.817. The standard InChI is InChI=1S/C10H12F3NO/c11-10(12,13)8(6-14)5-7-1-3-9(15)4-2-7/h1-4,8,15H,5-6,14H2. The van der Waals surface area contributed by atoms with Crippen molar-refractivity contribution in [2.45, 2.75) is 12.6 Å². The normalized spacial score (nSPS) is 13.9. The highest BCUT2D eigenvalue weighted by atomic mass is 19.4. The first-order chi connectivity index (χ1) is 6.93. The highest BCUT2D eigenvalue weighted by molar-refractivity contribution is 5.26. The van der Waals surface area contributed by atoms with Crippen LogP contribution in [0.2, 0.25) is 0 Å². The van der Waals surface area contributed by atoms with E-state index in [1.165, 1.54) is 24.3 Å². The molecule has 15 heavy (non-hydrogen) atoms. The Balaban J connectivity index is 2.71. The molecular weight excluding hydrogens is 207 g/mol. The van der Waals surface area contributed by atoms with Crippen molar-refractivity contribution < 1.29 is 18.3 Å². The van der Waals surface area contributed by atoms with E-state index in [4.69, 9.17) is 10.8 Å². The Bertz CT molecular complexity index is 307. The lowest BCUT2D eigenvalue weighted by Crippen LogP contribution is -2.31. The second-order valence-electron chi connectivity index (χ2n) is 3.34. The smallest absolute Gasteiger partial charge is 0.393 e. The molecule has 0 heterocycles. The van der Waals surface area contributed by atoms with E-state index in [0.717, 1.165) is 0 Å². The van der Waals surface area contributed by atoms with Crippen LogP contribution in [-0.4, -0.2) is 17.8 Å². The topological polar surface area (TPSA) is 46.2 Å². The first kappa shape index (κ1) is 11.8. The summed E-state index contributed by atoms with van der Waals surface area (Å²) >= 11 is 0. The van der Waals surface area contributed by atoms with Crippen molar-refractivity contribution in [3.8, 4) is 5.75 Å². The van der Waals surface area contributed by atoms with Gasteiger partial charge >= 0.3 is 6.18 Å². The zero-order valence-corrected chi connectivity index (χ0v) is 7.96. The number of phenolic OH excluding ortho intramolecular Hbond substituents is 1. The molecule has 0 aliphatic heterocycles. The maximum Gasteiger partial charge on any atom is 0.393 e. The van der Waals surface area contributed by atoms with Crippen LogP contribution in [0.4, 0.5) is 13.2 Å². The number of aromatic hydroxyl groups is 1. The van der Waals surface area contributed by atoms with Gasteiger partial charge in [0.25, 0.3) is 0 Å². The van der Waals surface area contributed by atoms with Gasteiger partial charge in [-0.3, -0.25) is 0 Å². The lowest BCUT2D eigenvalue weighted by molar-refractivity contribution is -0.171. The molecule has 0 bridgehead atoms. The summed E-state index contributed by atoms with van der Waals surface area (Å²) in [6.07, 6.45) is -4.42. The maximum atomic E-state index is 12.4. The lowest BCUT2D eigenvalue weighted by atomic mass is 9.99. The molecule has 0 aliphatic rings. The molecule has 0 saturated heterocycles. The minimum Gasteiger partial charge on any atom is -0.508 e. The van der Waals surface area contributed by atoms with Crippen LogP contribution in [0, 0.1) is 5.92 Å². The van der Waals surface area contributed by atoms with Crippen LogP contribution in [0.15, 0.2) is 24.3 Å². The molecule has 0 aromatic heterocycles. The van der Waals surface area contributed by atoms with Crippen LogP contribution >= 0.6 is 0 Å². The monoisotopic (exact) mass is 219 g/mol. The average Bonchev–Trinajstić information content (AvgIpc) is 2.15. The van der Waals surface area contributed by atoms with E-state index < -0.39 is 18.6 Å². The SMILES string of the molecule is NCC(Cc1ccc(O)cc1)C(F)(F)F. The van der Waals surface area contributed by atoms with Crippen LogP contribution in [0.5, 0.6) is 5.75 Å². The number of halogens is 3. The van der Waals surface area contributed by atoms with Crippen molar-refractivity contribution in [1.29, 1.82) is 0 Å². The van der Waals surface area contributed by atoms with Crippen LogP contribution in [0.1, 0.15) is 5.56 Å². The summed E-state index contributed by atoms with van der Waals surface area (Å²) in [7, 11) is 0. The first-order valence-electron chi connectivity index (χ1n) is 4.48. The van der Waals surface area contributed by atoms with Crippen LogP contribution in [-0.2, 0) is 6.42 Å². The Morgan fingerprint density at radius 1 is 1.20 bits per heavy atom. The largest absolute Gasteiger partial charge is 0.508 e. The first-order valence-corrected chi connectivity index (χ1v) is 4.48. The maximum absolute atomic E-state index is 12.4. The fourth-order valence-corrected chi connectivity index (χ4v) is 1.25. The van der Waals surface area contributed by atoms with E-state index in [0.29, 0.717) is 5.56 Å². The number of alkyl halides is 3. The highest BCUT2D eigenvalue weighted by Gasteiger charge is 2.38. The Kier molecular flexibility index (Phi) is 3.57. The molecule has 1 aromatic rings. The van der Waals surface area contributed by atoms with Gasteiger partial charge in [-0.1, -0.05) is 12.1 Å². The summed E-state index contributed by atoms with van der Waals surface area (Å²) < 4.78 is 37.1. The third-order valence-corrected chi connectivity index (χ3v) is 2.17. The molecule has 0 spiro atoms. The predicted octanol–water partition coefficient (Wildman–Crippen LogP) is 2.07. The molecule has 2 nitrogen and oxygen atoms in total. The van der Waals surface area contributed by atoms with Gasteiger partial charge in [0.15, 0.2) is 0 Å². The van der Waals surface area contributed by atoms with Crippen LogP contribution < -0.4 is 5.73 Å². The molecule has 5 heteroatoms. The molecule has 0 aliphatic carbocycles. The van der Waals surface area contributed by atoms with Crippen molar-refractivity contribution >= 4 is 0 Å². The molecule has 1 unspecified atom stereocenters. The summed E-state index contributed by atoms with van der Waals surface area (Å²) in [4.78, 5) is 0. The molecule has 1 aromatic carbocycles. The number of nitrogens with two attached hydrogens (primary N) is 1. The van der Waals surface area contributed by atoms with Crippen LogP contribution in [0.25, 0.3) is 0 Å². The predicted molar refractivity (Wildman–Crippen MR) is 50.4 cm³/mol. The van der Waals surface area contributed by atoms with Crippen molar-refractivity contribution in [3.05, 3.63) is 29.8 Å². The second-order valence-corrected chi connectivity index (χ2v) is 3.34. The lowest BCUT2D eigenvalue weighted by Gasteiger charge is -2.18. The van der Waals surface area contributed by atoms with E-state index in [1.807, 2.05) is 0 Å². The minimum atomic E-state index is -4.27. The van der Waals surface area contributed by atoms with Gasteiger partial charge in [0, 0.05) is 6.54 Å². The molecular formula is C10H12F3NO. The van der Waals surface area contributed by atoms with Gasteiger partial charge in [0.2, 0.25) is 0 Å². The molecule has 0 radical (unpaired) electrons. The van der Waals surface area contributed by atoms with Gasteiger partial charge in [-0.25, -0.2) is 0 Å². The summed E-state index contributed by atoms with van der Waals surface area (Å²) in [5.41, 5.74) is 5.58. The van der Waals surface area contributed by atoms with Gasteiger partial charge in [0.1, 0.15) is 5.75 Å². The van der Waals surface area contributed by atoms with Gasteiger partial charge in [-0.05, 0) is 24.1 Å². The van der Waals surface area contributed by atoms with Crippen molar-refractivity contribution in [3.63, 3.8) is 0 Å². The average molecular weight is 219 g/mol. The second kappa shape index (κ2) is 4.53. The third kappa shape index (κ3) is 3.43. The van der Waals surface area contributed by atoms with E-state index in [1.54, 1.807) is 0 Å². The Morgan fingerprint density at radius 2 is 1.73 bits per heavy atom. The van der Waals surface area contributed by atoms with Gasteiger partial charge in [-0.2, -0.15) is 13.2 Å². The zero-order valence-electron chi connectivity index (χ0n) is 7.96. The minimum absolute atomic E-state index is 0.0371. The van der Waals surface area contributed by atoms with E-state index in [2.05, 4.69) is 0 Å². The summed E-state index contributed by atoms with van der Waals surface area (Å²) in [6, 6.07) is 5.64. The van der Waals surface area contributed by atoms with Crippen molar-refractivity contribution in [1.82, 2.24) is 0 Å². The van der Waals surface area contributed by atoms with E-state index in [-0.39, 0.29) is 12.2 Å². The zero-order chi connectivity index (χ0) is 11.5. The van der Waals surface area contributed by atoms with E-state index in [9.17, 15) is 13.2 Å². The molecule has 0 fully saturated rings. The van der Waals surface area contributed by atoms with Gasteiger partial charge in [-0.15, -0.1) is 0 Å². The molecule has 3 N–H and O–H groups in total. The molecule has 1 rings (SSSR count). The fourth-order valence-electron chi connectivity index (χ4n) is 1.25. The number of benzene rings is 1. The summed E-state index contributed by atoms with van der Waals surface area (Å²) in [6.45, 7) is -0.426. The van der Waals surface area contributed by atoms with Crippen molar-refractivity contribution in [2.24, 2.45) is 11.7 Å². The summed E-state index contributed by atoms with van der Waals surface area (Å²) in [5, 5.41) is 8.96. The molecule has 1 atom stereocenters. The van der Waals surface area contributed by atoms with Crippen molar-refractivity contribution in [2.75, 3.05) is 6.54 Å². The van der Waals surface area contributed by atoms with E-state index >= 15 is 0 Å². The Morgan fingerprint density at radius 3 is 2.13 bits per heavy atom. The number of rotatable bonds is 3. The summed E-state index contributed by atoms with van der Waals surface area (Å²) in [5.74, 6) is -1.49. The number of hydrogen-bond donors (Lipinski definition) is 2. The number of phenols is 1. The fraction of sp³-hybridized carbons (Fsp3) is 0.400. The Labute approximate surface area is 85.5 Å². The Hall–Kier alpha value is -1.23. The molecule has 84 valence electrons.